The molecule has 0 radical (unpaired) electrons. The van der Waals surface area contributed by atoms with Crippen molar-refractivity contribution in [3.63, 3.8) is 0 Å². The highest BCUT2D eigenvalue weighted by Gasteiger charge is 2.25. The zero-order valence-corrected chi connectivity index (χ0v) is 11.8. The molecule has 5 N–H and O–H groups in total. The second-order valence-electron chi connectivity index (χ2n) is 5.17. The Morgan fingerprint density at radius 1 is 1.30 bits per heavy atom. The summed E-state index contributed by atoms with van der Waals surface area (Å²) in [6, 6.07) is 4.64. The summed E-state index contributed by atoms with van der Waals surface area (Å²) in [4.78, 5) is 23.3. The summed E-state index contributed by atoms with van der Waals surface area (Å²) < 4.78 is 0. The Labute approximate surface area is 122 Å². The van der Waals surface area contributed by atoms with Gasteiger partial charge in [-0.3, -0.25) is 9.59 Å². The third-order valence-corrected chi connectivity index (χ3v) is 3.92. The molecule has 6 heteroatoms. The minimum absolute atomic E-state index is 0.0759. The highest BCUT2D eigenvalue weighted by molar-refractivity contribution is 6.33. The molecule has 1 fully saturated rings. The van der Waals surface area contributed by atoms with E-state index in [0.29, 0.717) is 22.7 Å². The zero-order chi connectivity index (χ0) is 14.7. The smallest absolute Gasteiger partial charge is 0.248 e. The summed E-state index contributed by atoms with van der Waals surface area (Å²) in [7, 11) is 0. The monoisotopic (exact) mass is 295 g/mol. The molecule has 0 aliphatic heterocycles. The molecule has 1 aromatic rings. The van der Waals surface area contributed by atoms with Crippen LogP contribution in [0.25, 0.3) is 0 Å². The maximum Gasteiger partial charge on any atom is 0.248 e. The highest BCUT2D eigenvalue weighted by atomic mass is 35.5. The minimum Gasteiger partial charge on any atom is -0.366 e. The van der Waals surface area contributed by atoms with E-state index in [2.05, 4.69) is 5.32 Å². The lowest BCUT2D eigenvalue weighted by atomic mass is 9.85. The lowest BCUT2D eigenvalue weighted by Gasteiger charge is -2.25. The predicted molar refractivity (Wildman–Crippen MR) is 78.5 cm³/mol. The predicted octanol–water partition coefficient (Wildman–Crippen LogP) is 1.89. The topological polar surface area (TPSA) is 98.2 Å². The first-order valence-electron chi connectivity index (χ1n) is 6.63. The average Bonchev–Trinajstić information content (AvgIpc) is 2.41. The number of benzene rings is 1. The number of primary amides is 1. The van der Waals surface area contributed by atoms with Gasteiger partial charge < -0.3 is 16.8 Å². The summed E-state index contributed by atoms with van der Waals surface area (Å²) in [6.07, 6.45) is 3.42. The van der Waals surface area contributed by atoms with Gasteiger partial charge in [0, 0.05) is 17.5 Å². The number of amides is 2. The molecule has 1 aliphatic rings. The van der Waals surface area contributed by atoms with E-state index >= 15 is 0 Å². The van der Waals surface area contributed by atoms with Crippen LogP contribution in [0, 0.1) is 5.92 Å². The number of nitrogens with two attached hydrogens (primary N) is 2. The number of hydrogen-bond donors (Lipinski definition) is 3. The highest BCUT2D eigenvalue weighted by Crippen LogP contribution is 2.27. The quantitative estimate of drug-likeness (QED) is 0.794. The summed E-state index contributed by atoms with van der Waals surface area (Å²) >= 11 is 6.02. The van der Waals surface area contributed by atoms with E-state index in [1.165, 1.54) is 12.1 Å². The Hall–Kier alpha value is -1.59. The SMILES string of the molecule is NC(=O)c1ccc(Cl)c(NC(=O)C2CCCC(N)C2)c1. The Morgan fingerprint density at radius 2 is 2.05 bits per heavy atom. The van der Waals surface area contributed by atoms with Crippen molar-refractivity contribution >= 4 is 29.1 Å². The van der Waals surface area contributed by atoms with Gasteiger partial charge >= 0.3 is 0 Å². The van der Waals surface area contributed by atoms with Crippen molar-refractivity contribution in [3.8, 4) is 0 Å². The molecule has 0 heterocycles. The van der Waals surface area contributed by atoms with Gasteiger partial charge in [0.25, 0.3) is 0 Å². The van der Waals surface area contributed by atoms with Gasteiger partial charge in [0.1, 0.15) is 0 Å². The molecule has 2 unspecified atom stereocenters. The van der Waals surface area contributed by atoms with E-state index in [0.717, 1.165) is 19.3 Å². The van der Waals surface area contributed by atoms with Crippen LogP contribution in [0.1, 0.15) is 36.0 Å². The lowest BCUT2D eigenvalue weighted by Crippen LogP contribution is -2.34. The molecule has 0 spiro atoms. The fourth-order valence-corrected chi connectivity index (χ4v) is 2.64. The third-order valence-electron chi connectivity index (χ3n) is 3.59. The van der Waals surface area contributed by atoms with Crippen molar-refractivity contribution in [3.05, 3.63) is 28.8 Å². The first-order valence-corrected chi connectivity index (χ1v) is 7.01. The van der Waals surface area contributed by atoms with Crippen molar-refractivity contribution in [1.29, 1.82) is 0 Å². The molecule has 20 heavy (non-hydrogen) atoms. The van der Waals surface area contributed by atoms with Gasteiger partial charge in [0.05, 0.1) is 10.7 Å². The molecule has 0 aromatic heterocycles. The van der Waals surface area contributed by atoms with Crippen LogP contribution >= 0.6 is 11.6 Å². The summed E-state index contributed by atoms with van der Waals surface area (Å²) in [5.74, 6) is -0.771. The van der Waals surface area contributed by atoms with Gasteiger partial charge in [-0.2, -0.15) is 0 Å². The van der Waals surface area contributed by atoms with Gasteiger partial charge in [0.2, 0.25) is 11.8 Å². The van der Waals surface area contributed by atoms with Gasteiger partial charge in [-0.15, -0.1) is 0 Å². The van der Waals surface area contributed by atoms with E-state index in [1.54, 1.807) is 6.07 Å². The van der Waals surface area contributed by atoms with Crippen molar-refractivity contribution in [2.75, 3.05) is 5.32 Å². The first kappa shape index (κ1) is 14.8. The molecule has 5 nitrogen and oxygen atoms in total. The van der Waals surface area contributed by atoms with Gasteiger partial charge in [-0.05, 0) is 37.5 Å². The first-order chi connectivity index (χ1) is 9.47. The molecule has 1 aromatic carbocycles. The fraction of sp³-hybridized carbons (Fsp3) is 0.429. The number of carbonyl (C=O) groups excluding carboxylic acids is 2. The normalized spacial score (nSPS) is 22.3. The molecular formula is C14H18ClN3O2. The van der Waals surface area contributed by atoms with E-state index < -0.39 is 5.91 Å². The number of hydrogen-bond acceptors (Lipinski definition) is 3. The molecular weight excluding hydrogens is 278 g/mol. The molecule has 0 bridgehead atoms. The summed E-state index contributed by atoms with van der Waals surface area (Å²) in [5.41, 5.74) is 11.8. The maximum absolute atomic E-state index is 12.2. The number of anilines is 1. The van der Waals surface area contributed by atoms with Crippen LogP contribution in [-0.4, -0.2) is 17.9 Å². The maximum atomic E-state index is 12.2. The van der Waals surface area contributed by atoms with Gasteiger partial charge in [-0.25, -0.2) is 0 Å². The second kappa shape index (κ2) is 6.24. The van der Waals surface area contributed by atoms with Crippen LogP contribution < -0.4 is 16.8 Å². The molecule has 1 aliphatic carbocycles. The minimum atomic E-state index is -0.558. The summed E-state index contributed by atoms with van der Waals surface area (Å²) in [5, 5.41) is 3.14. The average molecular weight is 296 g/mol. The molecule has 2 rings (SSSR count). The van der Waals surface area contributed by atoms with E-state index in [9.17, 15) is 9.59 Å². The number of carbonyl (C=O) groups is 2. The Balaban J connectivity index is 2.10. The van der Waals surface area contributed by atoms with Crippen molar-refractivity contribution in [2.45, 2.75) is 31.7 Å². The Morgan fingerprint density at radius 3 is 2.70 bits per heavy atom. The largest absolute Gasteiger partial charge is 0.366 e. The van der Waals surface area contributed by atoms with Crippen LogP contribution in [-0.2, 0) is 4.79 Å². The van der Waals surface area contributed by atoms with Gasteiger partial charge in [-0.1, -0.05) is 18.0 Å². The van der Waals surface area contributed by atoms with Crippen molar-refractivity contribution < 1.29 is 9.59 Å². The molecule has 2 amide bonds. The van der Waals surface area contributed by atoms with Crippen LogP contribution in [0.3, 0.4) is 0 Å². The van der Waals surface area contributed by atoms with Crippen molar-refractivity contribution in [1.82, 2.24) is 0 Å². The Kier molecular flexibility index (Phi) is 4.62. The van der Waals surface area contributed by atoms with Crippen LogP contribution in [0.2, 0.25) is 5.02 Å². The number of nitrogens with one attached hydrogen (secondary N) is 1. The number of halogens is 1. The molecule has 0 saturated heterocycles. The van der Waals surface area contributed by atoms with E-state index in [-0.39, 0.29) is 17.9 Å². The molecule has 1 saturated carbocycles. The standard InChI is InChI=1S/C14H18ClN3O2/c15-11-5-4-8(13(17)19)7-12(11)18-14(20)9-2-1-3-10(16)6-9/h4-5,7,9-10H,1-3,6,16H2,(H2,17,19)(H,18,20). The zero-order valence-electron chi connectivity index (χ0n) is 11.1. The van der Waals surface area contributed by atoms with E-state index in [1.807, 2.05) is 0 Å². The van der Waals surface area contributed by atoms with Crippen molar-refractivity contribution in [2.24, 2.45) is 17.4 Å². The fourth-order valence-electron chi connectivity index (χ4n) is 2.47. The molecule has 2 atom stereocenters. The summed E-state index contributed by atoms with van der Waals surface area (Å²) in [6.45, 7) is 0. The van der Waals surface area contributed by atoms with Crippen LogP contribution in [0.4, 0.5) is 5.69 Å². The van der Waals surface area contributed by atoms with Crippen LogP contribution in [0.5, 0.6) is 0 Å². The third kappa shape index (κ3) is 3.49. The lowest BCUT2D eigenvalue weighted by molar-refractivity contribution is -0.120. The Bertz CT molecular complexity index is 533. The van der Waals surface area contributed by atoms with E-state index in [4.69, 9.17) is 23.1 Å². The van der Waals surface area contributed by atoms with Gasteiger partial charge in [0.15, 0.2) is 0 Å². The van der Waals surface area contributed by atoms with Crippen LogP contribution in [0.15, 0.2) is 18.2 Å². The molecule has 108 valence electrons. The second-order valence-corrected chi connectivity index (χ2v) is 5.58. The number of rotatable bonds is 3.